The van der Waals surface area contributed by atoms with Crippen molar-refractivity contribution in [1.82, 2.24) is 15.6 Å². The van der Waals surface area contributed by atoms with Gasteiger partial charge in [-0.3, -0.25) is 14.4 Å². The van der Waals surface area contributed by atoms with Crippen LogP contribution in [-0.2, 0) is 16.1 Å². The van der Waals surface area contributed by atoms with Crippen LogP contribution < -0.4 is 10.6 Å². The number of halogens is 1. The molecule has 0 bridgehead atoms. The van der Waals surface area contributed by atoms with Crippen LogP contribution in [0.5, 0.6) is 0 Å². The molecular formula is C19H22ClN3O5. The Balaban J connectivity index is 0.000000878. The molecule has 0 radical (unpaired) electrons. The van der Waals surface area contributed by atoms with Crippen molar-refractivity contribution < 1.29 is 24.6 Å². The summed E-state index contributed by atoms with van der Waals surface area (Å²) in [6, 6.07) is 8.54. The number of hydrogen-bond acceptors (Lipinski definition) is 4. The molecule has 3 rings (SSSR count). The number of carbonyl (C=O) groups excluding carboxylic acids is 2. The van der Waals surface area contributed by atoms with Gasteiger partial charge in [-0.25, -0.2) is 0 Å². The summed E-state index contributed by atoms with van der Waals surface area (Å²) in [7, 11) is 0. The zero-order valence-electron chi connectivity index (χ0n) is 15.0. The molecule has 2 amide bonds. The summed E-state index contributed by atoms with van der Waals surface area (Å²) in [5, 5.41) is 23.3. The summed E-state index contributed by atoms with van der Waals surface area (Å²) < 4.78 is 0. The predicted octanol–water partition coefficient (Wildman–Crippen LogP) is 1.55. The van der Waals surface area contributed by atoms with Crippen molar-refractivity contribution in [2.75, 3.05) is 0 Å². The Morgan fingerprint density at radius 3 is 2.61 bits per heavy atom. The molecule has 9 heteroatoms. The summed E-state index contributed by atoms with van der Waals surface area (Å²) in [5.74, 6) is -0.742. The molecule has 0 aliphatic heterocycles. The van der Waals surface area contributed by atoms with Gasteiger partial charge >= 0.3 is 0 Å². The van der Waals surface area contributed by atoms with Crippen molar-refractivity contribution in [2.24, 2.45) is 5.92 Å². The van der Waals surface area contributed by atoms with Gasteiger partial charge in [0.05, 0.1) is 17.7 Å². The highest BCUT2D eigenvalue weighted by atomic mass is 35.5. The molecule has 150 valence electrons. The van der Waals surface area contributed by atoms with Gasteiger partial charge in [0.15, 0.2) is 0 Å². The molecule has 1 aromatic carbocycles. The Morgan fingerprint density at radius 2 is 1.96 bits per heavy atom. The number of carbonyl (C=O) groups is 3. The molecule has 28 heavy (non-hydrogen) atoms. The molecule has 0 spiro atoms. The maximum absolute atomic E-state index is 12.4. The first-order valence-electron chi connectivity index (χ1n) is 8.67. The van der Waals surface area contributed by atoms with E-state index in [1.54, 1.807) is 24.5 Å². The van der Waals surface area contributed by atoms with Gasteiger partial charge in [-0.15, -0.1) is 0 Å². The molecule has 1 fully saturated rings. The number of aromatic amines is 1. The Labute approximate surface area is 166 Å². The predicted molar refractivity (Wildman–Crippen MR) is 103 cm³/mol. The van der Waals surface area contributed by atoms with Crippen LogP contribution in [0.15, 0.2) is 42.7 Å². The number of benzene rings is 1. The molecule has 1 heterocycles. The number of aliphatic hydroxyl groups excluding tert-OH is 1. The summed E-state index contributed by atoms with van der Waals surface area (Å²) in [6.45, 7) is 0.0888. The van der Waals surface area contributed by atoms with E-state index in [1.807, 2.05) is 18.2 Å². The van der Waals surface area contributed by atoms with Crippen LogP contribution in [0.1, 0.15) is 28.8 Å². The van der Waals surface area contributed by atoms with E-state index in [2.05, 4.69) is 15.6 Å². The molecular weight excluding hydrogens is 386 g/mol. The monoisotopic (exact) mass is 407 g/mol. The minimum atomic E-state index is -0.737. The lowest BCUT2D eigenvalue weighted by Crippen LogP contribution is -2.40. The summed E-state index contributed by atoms with van der Waals surface area (Å²) in [6.07, 6.45) is 3.24. The maximum atomic E-state index is 12.4. The van der Waals surface area contributed by atoms with Gasteiger partial charge in [-0.2, -0.15) is 0 Å². The van der Waals surface area contributed by atoms with Gasteiger partial charge in [0.25, 0.3) is 12.4 Å². The van der Waals surface area contributed by atoms with Crippen molar-refractivity contribution in [3.05, 3.63) is 58.9 Å². The van der Waals surface area contributed by atoms with Gasteiger partial charge in [-0.05, 0) is 30.5 Å². The molecule has 1 aliphatic carbocycles. The Morgan fingerprint density at radius 1 is 1.25 bits per heavy atom. The van der Waals surface area contributed by atoms with E-state index < -0.39 is 12.1 Å². The highest BCUT2D eigenvalue weighted by Gasteiger charge is 2.37. The summed E-state index contributed by atoms with van der Waals surface area (Å²) in [4.78, 5) is 35.6. The molecule has 1 aliphatic rings. The van der Waals surface area contributed by atoms with Crippen LogP contribution in [0.3, 0.4) is 0 Å². The van der Waals surface area contributed by atoms with E-state index in [-0.39, 0.29) is 24.2 Å². The molecule has 0 saturated heterocycles. The highest BCUT2D eigenvalue weighted by molar-refractivity contribution is 6.31. The van der Waals surface area contributed by atoms with Crippen molar-refractivity contribution in [1.29, 1.82) is 0 Å². The number of nitrogens with one attached hydrogen (secondary N) is 3. The SMILES string of the molecule is O=C(N[C@@H]1C[C@H](C(=O)NCc2ccccc2Cl)C[C@H]1O)c1cc[nH]c1.O=CO. The topological polar surface area (TPSA) is 132 Å². The Bertz CT molecular complexity index is 797. The van der Waals surface area contributed by atoms with Gasteiger partial charge in [-0.1, -0.05) is 29.8 Å². The number of aromatic nitrogens is 1. The minimum Gasteiger partial charge on any atom is -0.483 e. The lowest BCUT2D eigenvalue weighted by atomic mass is 10.1. The van der Waals surface area contributed by atoms with Gasteiger partial charge in [0.1, 0.15) is 0 Å². The van der Waals surface area contributed by atoms with Crippen molar-refractivity contribution in [2.45, 2.75) is 31.5 Å². The molecule has 1 saturated carbocycles. The van der Waals surface area contributed by atoms with Crippen LogP contribution in [0, 0.1) is 5.92 Å². The molecule has 3 atom stereocenters. The van der Waals surface area contributed by atoms with Crippen LogP contribution in [0.4, 0.5) is 0 Å². The Kier molecular flexibility index (Phi) is 8.03. The van der Waals surface area contributed by atoms with Crippen molar-refractivity contribution >= 4 is 29.9 Å². The highest BCUT2D eigenvalue weighted by Crippen LogP contribution is 2.27. The second kappa shape index (κ2) is 10.5. The quantitative estimate of drug-likeness (QED) is 0.480. The van der Waals surface area contributed by atoms with E-state index in [4.69, 9.17) is 21.5 Å². The zero-order chi connectivity index (χ0) is 20.5. The van der Waals surface area contributed by atoms with E-state index in [0.29, 0.717) is 30.0 Å². The fourth-order valence-electron chi connectivity index (χ4n) is 3.07. The molecule has 8 nitrogen and oxygen atoms in total. The first-order valence-corrected chi connectivity index (χ1v) is 9.04. The first kappa shape index (κ1) is 21.5. The number of H-pyrrole nitrogens is 1. The second-order valence-electron chi connectivity index (χ2n) is 6.33. The van der Waals surface area contributed by atoms with Crippen LogP contribution >= 0.6 is 11.6 Å². The fourth-order valence-corrected chi connectivity index (χ4v) is 3.27. The van der Waals surface area contributed by atoms with E-state index in [1.165, 1.54) is 0 Å². The van der Waals surface area contributed by atoms with E-state index >= 15 is 0 Å². The number of hydrogen-bond donors (Lipinski definition) is 5. The second-order valence-corrected chi connectivity index (χ2v) is 6.74. The third kappa shape index (κ3) is 5.83. The molecule has 0 unspecified atom stereocenters. The van der Waals surface area contributed by atoms with E-state index in [9.17, 15) is 14.7 Å². The largest absolute Gasteiger partial charge is 0.483 e. The summed E-state index contributed by atoms with van der Waals surface area (Å²) in [5.41, 5.74) is 1.34. The normalized spacial score (nSPS) is 20.6. The van der Waals surface area contributed by atoms with Crippen LogP contribution in [0.25, 0.3) is 0 Å². The average Bonchev–Trinajstić information content (AvgIpc) is 3.32. The lowest BCUT2D eigenvalue weighted by molar-refractivity contribution is -0.125. The third-order valence-electron chi connectivity index (χ3n) is 4.49. The fraction of sp³-hybridized carbons (Fsp3) is 0.316. The lowest BCUT2D eigenvalue weighted by Gasteiger charge is -2.15. The van der Waals surface area contributed by atoms with E-state index in [0.717, 1.165) is 5.56 Å². The van der Waals surface area contributed by atoms with Gasteiger partial charge < -0.3 is 25.8 Å². The summed E-state index contributed by atoms with van der Waals surface area (Å²) >= 11 is 6.08. The van der Waals surface area contributed by atoms with Gasteiger partial charge in [0.2, 0.25) is 5.91 Å². The number of amides is 2. The first-order chi connectivity index (χ1) is 13.5. The van der Waals surface area contributed by atoms with Crippen LogP contribution in [-0.4, -0.2) is 45.6 Å². The molecule has 2 aromatic rings. The number of aliphatic hydroxyl groups is 1. The minimum absolute atomic E-state index is 0.141. The smallest absolute Gasteiger partial charge is 0.290 e. The van der Waals surface area contributed by atoms with Crippen molar-refractivity contribution in [3.63, 3.8) is 0 Å². The average molecular weight is 408 g/mol. The van der Waals surface area contributed by atoms with Crippen LogP contribution in [0.2, 0.25) is 5.02 Å². The zero-order valence-corrected chi connectivity index (χ0v) is 15.7. The number of carboxylic acid groups (broad SMARTS) is 1. The molecule has 5 N–H and O–H groups in total. The Hall–Kier alpha value is -2.84. The third-order valence-corrected chi connectivity index (χ3v) is 4.86. The number of rotatable bonds is 5. The van der Waals surface area contributed by atoms with Crippen molar-refractivity contribution in [3.8, 4) is 0 Å². The molecule has 1 aromatic heterocycles. The van der Waals surface area contributed by atoms with Gasteiger partial charge in [0, 0.05) is 29.9 Å². The maximum Gasteiger partial charge on any atom is 0.290 e. The standard InChI is InChI=1S/C18H20ClN3O3.CH2O2/c19-14-4-2-1-3-11(14)10-21-17(24)13-7-15(16(23)8-13)22-18(25)12-5-6-20-9-12;2-1-3/h1-6,9,13,15-16,20,23H,7-8,10H2,(H,21,24)(H,22,25);1H,(H,2,3)/t13-,15+,16+;/m0./s1.